The van der Waals surface area contributed by atoms with E-state index in [0.717, 1.165) is 42.4 Å². The fourth-order valence-corrected chi connectivity index (χ4v) is 3.01. The van der Waals surface area contributed by atoms with E-state index in [1.165, 1.54) is 0 Å². The van der Waals surface area contributed by atoms with Crippen LogP contribution in [-0.4, -0.2) is 28.8 Å². The van der Waals surface area contributed by atoms with Crippen molar-refractivity contribution < 1.29 is 15.0 Å². The first-order valence-electron chi connectivity index (χ1n) is 6.51. The number of benzene rings is 1. The molecule has 19 heavy (non-hydrogen) atoms. The molecule has 0 amide bonds. The second-order valence-electron chi connectivity index (χ2n) is 5.07. The van der Waals surface area contributed by atoms with Crippen molar-refractivity contribution in [2.75, 3.05) is 11.9 Å². The molecular formula is C14H18BrNO3. The molecule has 4 nitrogen and oxygen atoms in total. The van der Waals surface area contributed by atoms with Crippen LogP contribution in [0.15, 0.2) is 22.7 Å². The van der Waals surface area contributed by atoms with Gasteiger partial charge in [0.25, 0.3) is 0 Å². The van der Waals surface area contributed by atoms with Crippen LogP contribution in [0, 0.1) is 5.92 Å². The van der Waals surface area contributed by atoms with Gasteiger partial charge in [0.05, 0.1) is 11.7 Å². The summed E-state index contributed by atoms with van der Waals surface area (Å²) in [5.74, 6) is -0.447. The van der Waals surface area contributed by atoms with Crippen molar-refractivity contribution in [3.63, 3.8) is 0 Å². The minimum Gasteiger partial charge on any atom is -0.478 e. The maximum Gasteiger partial charge on any atom is 0.335 e. The van der Waals surface area contributed by atoms with Crippen LogP contribution in [0.2, 0.25) is 0 Å². The first-order valence-corrected chi connectivity index (χ1v) is 7.30. The van der Waals surface area contributed by atoms with Gasteiger partial charge in [0.15, 0.2) is 0 Å². The zero-order chi connectivity index (χ0) is 13.8. The van der Waals surface area contributed by atoms with E-state index in [-0.39, 0.29) is 11.7 Å². The molecule has 0 spiro atoms. The summed E-state index contributed by atoms with van der Waals surface area (Å²) in [4.78, 5) is 10.8. The Balaban J connectivity index is 1.94. The monoisotopic (exact) mass is 327 g/mol. The number of halogens is 1. The number of carbonyl (C=O) groups is 1. The summed E-state index contributed by atoms with van der Waals surface area (Å²) in [6.07, 6.45) is 3.80. The molecule has 0 heterocycles. The van der Waals surface area contributed by atoms with E-state index in [1.807, 2.05) is 0 Å². The Hall–Kier alpha value is -1.07. The summed E-state index contributed by atoms with van der Waals surface area (Å²) in [6, 6.07) is 4.96. The minimum atomic E-state index is -0.928. The van der Waals surface area contributed by atoms with E-state index in [9.17, 15) is 9.90 Å². The number of carboxylic acid groups (broad SMARTS) is 1. The molecule has 5 heteroatoms. The minimum absolute atomic E-state index is 0.168. The third-order valence-electron chi connectivity index (χ3n) is 3.55. The van der Waals surface area contributed by atoms with Crippen LogP contribution < -0.4 is 5.32 Å². The average molecular weight is 328 g/mol. The van der Waals surface area contributed by atoms with Crippen LogP contribution in [0.5, 0.6) is 0 Å². The second kappa shape index (κ2) is 6.39. The van der Waals surface area contributed by atoms with Gasteiger partial charge in [0, 0.05) is 16.7 Å². The number of carboxylic acids is 1. The zero-order valence-electron chi connectivity index (χ0n) is 10.6. The van der Waals surface area contributed by atoms with E-state index >= 15 is 0 Å². The highest BCUT2D eigenvalue weighted by atomic mass is 79.9. The van der Waals surface area contributed by atoms with Gasteiger partial charge in [-0.3, -0.25) is 0 Å². The zero-order valence-corrected chi connectivity index (χ0v) is 12.2. The van der Waals surface area contributed by atoms with Gasteiger partial charge in [0.2, 0.25) is 0 Å². The molecule has 2 atom stereocenters. The molecule has 1 aliphatic rings. The summed E-state index contributed by atoms with van der Waals surface area (Å²) in [5.41, 5.74) is 1.16. The molecule has 0 radical (unpaired) electrons. The van der Waals surface area contributed by atoms with Crippen molar-refractivity contribution in [1.29, 1.82) is 0 Å². The van der Waals surface area contributed by atoms with Gasteiger partial charge >= 0.3 is 5.97 Å². The number of anilines is 1. The topological polar surface area (TPSA) is 69.6 Å². The van der Waals surface area contributed by atoms with E-state index < -0.39 is 5.97 Å². The molecule has 0 aliphatic heterocycles. The van der Waals surface area contributed by atoms with E-state index in [4.69, 9.17) is 5.11 Å². The van der Waals surface area contributed by atoms with Crippen LogP contribution in [0.4, 0.5) is 5.69 Å². The molecule has 1 saturated carbocycles. The lowest BCUT2D eigenvalue weighted by molar-refractivity contribution is 0.0696. The lowest BCUT2D eigenvalue weighted by Gasteiger charge is -2.26. The lowest BCUT2D eigenvalue weighted by Crippen LogP contribution is -2.25. The summed E-state index contributed by atoms with van der Waals surface area (Å²) in [5, 5.41) is 21.8. The van der Waals surface area contributed by atoms with Gasteiger partial charge in [-0.15, -0.1) is 0 Å². The number of aliphatic hydroxyl groups excluding tert-OH is 1. The highest BCUT2D eigenvalue weighted by molar-refractivity contribution is 9.10. The van der Waals surface area contributed by atoms with Crippen molar-refractivity contribution in [2.24, 2.45) is 5.92 Å². The standard InChI is InChI=1S/C14H18BrNO3/c15-12-7-10(14(18)19)4-5-13(12)16-8-9-2-1-3-11(17)6-9/h4-5,7,9,11,16-17H,1-3,6,8H2,(H,18,19). The van der Waals surface area contributed by atoms with Gasteiger partial charge in [-0.2, -0.15) is 0 Å². The first-order chi connectivity index (χ1) is 9.06. The molecule has 104 valence electrons. The van der Waals surface area contributed by atoms with Gasteiger partial charge in [-0.1, -0.05) is 6.42 Å². The van der Waals surface area contributed by atoms with Gasteiger partial charge in [-0.05, 0) is 59.3 Å². The summed E-state index contributed by atoms with van der Waals surface area (Å²) < 4.78 is 0.753. The van der Waals surface area contributed by atoms with Crippen LogP contribution in [0.25, 0.3) is 0 Å². The fourth-order valence-electron chi connectivity index (χ4n) is 2.49. The molecule has 0 saturated heterocycles. The van der Waals surface area contributed by atoms with E-state index in [1.54, 1.807) is 18.2 Å². The predicted octanol–water partition coefficient (Wildman–Crippen LogP) is 3.11. The molecule has 0 aromatic heterocycles. The van der Waals surface area contributed by atoms with E-state index in [2.05, 4.69) is 21.2 Å². The fraction of sp³-hybridized carbons (Fsp3) is 0.500. The highest BCUT2D eigenvalue weighted by Gasteiger charge is 2.20. The summed E-state index contributed by atoms with van der Waals surface area (Å²) in [7, 11) is 0. The molecule has 2 rings (SSSR count). The number of hydrogen-bond donors (Lipinski definition) is 3. The number of aliphatic hydroxyl groups is 1. The Morgan fingerprint density at radius 2 is 2.21 bits per heavy atom. The smallest absolute Gasteiger partial charge is 0.335 e. The number of hydrogen-bond acceptors (Lipinski definition) is 3. The van der Waals surface area contributed by atoms with Crippen LogP contribution >= 0.6 is 15.9 Å². The van der Waals surface area contributed by atoms with Crippen molar-refractivity contribution in [2.45, 2.75) is 31.8 Å². The third kappa shape index (κ3) is 3.94. The Morgan fingerprint density at radius 3 is 2.84 bits per heavy atom. The normalized spacial score (nSPS) is 23.1. The molecule has 1 aromatic rings. The quantitative estimate of drug-likeness (QED) is 0.794. The maximum absolute atomic E-state index is 10.8. The van der Waals surface area contributed by atoms with Crippen molar-refractivity contribution in [3.8, 4) is 0 Å². The molecule has 1 aromatic carbocycles. The highest BCUT2D eigenvalue weighted by Crippen LogP contribution is 2.27. The van der Waals surface area contributed by atoms with Crippen molar-refractivity contribution in [1.82, 2.24) is 0 Å². The summed E-state index contributed by atoms with van der Waals surface area (Å²) >= 11 is 3.38. The first kappa shape index (κ1) is 14.3. The van der Waals surface area contributed by atoms with E-state index in [0.29, 0.717) is 5.92 Å². The third-order valence-corrected chi connectivity index (χ3v) is 4.21. The van der Waals surface area contributed by atoms with Gasteiger partial charge in [-0.25, -0.2) is 4.79 Å². The van der Waals surface area contributed by atoms with Crippen LogP contribution in [0.1, 0.15) is 36.0 Å². The molecule has 1 aliphatic carbocycles. The van der Waals surface area contributed by atoms with Gasteiger partial charge in [0.1, 0.15) is 0 Å². The second-order valence-corrected chi connectivity index (χ2v) is 5.92. The van der Waals surface area contributed by atoms with Crippen LogP contribution in [0.3, 0.4) is 0 Å². The maximum atomic E-state index is 10.8. The number of aromatic carboxylic acids is 1. The molecule has 2 unspecified atom stereocenters. The Morgan fingerprint density at radius 1 is 1.42 bits per heavy atom. The van der Waals surface area contributed by atoms with Gasteiger partial charge < -0.3 is 15.5 Å². The number of nitrogens with one attached hydrogen (secondary N) is 1. The Kier molecular flexibility index (Phi) is 4.82. The predicted molar refractivity (Wildman–Crippen MR) is 77.6 cm³/mol. The SMILES string of the molecule is O=C(O)c1ccc(NCC2CCCC(O)C2)c(Br)c1. The van der Waals surface area contributed by atoms with Crippen molar-refractivity contribution in [3.05, 3.63) is 28.2 Å². The molecular weight excluding hydrogens is 310 g/mol. The Bertz CT molecular complexity index is 464. The number of rotatable bonds is 4. The molecule has 3 N–H and O–H groups in total. The average Bonchev–Trinajstić information content (AvgIpc) is 2.37. The van der Waals surface area contributed by atoms with Crippen molar-refractivity contribution >= 4 is 27.6 Å². The largest absolute Gasteiger partial charge is 0.478 e. The Labute approximate surface area is 121 Å². The molecule has 0 bridgehead atoms. The van der Waals surface area contributed by atoms with Crippen LogP contribution in [-0.2, 0) is 0 Å². The summed E-state index contributed by atoms with van der Waals surface area (Å²) in [6.45, 7) is 0.808. The lowest BCUT2D eigenvalue weighted by atomic mass is 9.87. The molecule has 1 fully saturated rings.